The van der Waals surface area contributed by atoms with Crippen molar-refractivity contribution < 1.29 is 4.52 Å². The summed E-state index contributed by atoms with van der Waals surface area (Å²) in [6, 6.07) is -0.0490. The lowest BCUT2D eigenvalue weighted by Gasteiger charge is -2.58. The predicted molar refractivity (Wildman–Crippen MR) is 66.6 cm³/mol. The SMILES string of the molecule is Cc1noc(C(N)C23CC4CC(CC(C4)C2)C3)n1. The number of aromatic nitrogens is 2. The summed E-state index contributed by atoms with van der Waals surface area (Å²) >= 11 is 0. The van der Waals surface area contributed by atoms with Crippen LogP contribution in [0.4, 0.5) is 0 Å². The van der Waals surface area contributed by atoms with Gasteiger partial charge in [0.15, 0.2) is 5.82 Å². The Kier molecular flexibility index (Phi) is 2.17. The van der Waals surface area contributed by atoms with Crippen molar-refractivity contribution in [3.63, 3.8) is 0 Å². The minimum absolute atomic E-state index is 0.0490. The first kappa shape index (κ1) is 11.0. The van der Waals surface area contributed by atoms with Gasteiger partial charge in [0.2, 0.25) is 5.89 Å². The number of hydrogen-bond donors (Lipinski definition) is 1. The van der Waals surface area contributed by atoms with Gasteiger partial charge in [-0.25, -0.2) is 0 Å². The Morgan fingerprint density at radius 1 is 1.17 bits per heavy atom. The van der Waals surface area contributed by atoms with Gasteiger partial charge in [0, 0.05) is 0 Å². The van der Waals surface area contributed by atoms with Gasteiger partial charge in [-0.2, -0.15) is 4.98 Å². The summed E-state index contributed by atoms with van der Waals surface area (Å²) in [4.78, 5) is 4.37. The van der Waals surface area contributed by atoms with Crippen molar-refractivity contribution in [2.45, 2.75) is 51.5 Å². The molecular formula is C14H21N3O. The number of hydrogen-bond acceptors (Lipinski definition) is 4. The smallest absolute Gasteiger partial charge is 0.244 e. The third kappa shape index (κ3) is 1.48. The molecule has 1 atom stereocenters. The molecule has 1 heterocycles. The van der Waals surface area contributed by atoms with E-state index in [4.69, 9.17) is 10.3 Å². The zero-order valence-electron chi connectivity index (χ0n) is 10.9. The zero-order chi connectivity index (χ0) is 12.3. The first-order valence-electron chi connectivity index (χ1n) is 7.20. The van der Waals surface area contributed by atoms with Crippen molar-refractivity contribution in [2.75, 3.05) is 0 Å². The maximum absolute atomic E-state index is 6.51. The van der Waals surface area contributed by atoms with E-state index in [1.165, 1.54) is 38.5 Å². The number of rotatable bonds is 2. The van der Waals surface area contributed by atoms with Gasteiger partial charge in [-0.15, -0.1) is 0 Å². The molecule has 1 aromatic heterocycles. The Hall–Kier alpha value is -0.900. The molecule has 1 aromatic rings. The van der Waals surface area contributed by atoms with Crippen LogP contribution in [0.1, 0.15) is 56.3 Å². The average Bonchev–Trinajstić information content (AvgIpc) is 2.73. The molecule has 0 radical (unpaired) electrons. The van der Waals surface area contributed by atoms with Crippen molar-refractivity contribution in [1.82, 2.24) is 10.1 Å². The predicted octanol–water partition coefficient (Wildman–Crippen LogP) is 2.59. The molecule has 98 valence electrons. The fraction of sp³-hybridized carbons (Fsp3) is 0.857. The van der Waals surface area contributed by atoms with Crippen LogP contribution in [-0.4, -0.2) is 10.1 Å². The largest absolute Gasteiger partial charge is 0.338 e. The Morgan fingerprint density at radius 3 is 2.17 bits per heavy atom. The standard InChI is InChI=1S/C14H21N3O/c1-8-16-13(18-17-8)12(15)14-5-9-2-10(6-14)4-11(3-9)7-14/h9-12H,2-7,15H2,1H3. The van der Waals surface area contributed by atoms with E-state index in [1.54, 1.807) is 0 Å². The van der Waals surface area contributed by atoms with Gasteiger partial charge in [-0.1, -0.05) is 5.16 Å². The first-order chi connectivity index (χ1) is 8.64. The topological polar surface area (TPSA) is 64.9 Å². The summed E-state index contributed by atoms with van der Waals surface area (Å²) in [7, 11) is 0. The van der Waals surface area contributed by atoms with Crippen LogP contribution in [0.5, 0.6) is 0 Å². The second kappa shape index (κ2) is 3.56. The molecule has 18 heavy (non-hydrogen) atoms. The van der Waals surface area contributed by atoms with E-state index in [1.807, 2.05) is 6.92 Å². The van der Waals surface area contributed by atoms with Gasteiger partial charge in [-0.3, -0.25) is 0 Å². The average molecular weight is 247 g/mol. The van der Waals surface area contributed by atoms with E-state index in [2.05, 4.69) is 10.1 Å². The molecule has 4 aliphatic rings. The third-order valence-electron chi connectivity index (χ3n) is 5.55. The molecule has 4 fully saturated rings. The van der Waals surface area contributed by atoms with E-state index in [-0.39, 0.29) is 11.5 Å². The molecule has 0 spiro atoms. The van der Waals surface area contributed by atoms with E-state index in [9.17, 15) is 0 Å². The van der Waals surface area contributed by atoms with Crippen LogP contribution in [0.15, 0.2) is 4.52 Å². The lowest BCUT2D eigenvalue weighted by atomic mass is 9.48. The minimum atomic E-state index is -0.0490. The van der Waals surface area contributed by atoms with Crippen LogP contribution in [-0.2, 0) is 0 Å². The maximum Gasteiger partial charge on any atom is 0.244 e. The molecule has 0 amide bonds. The fourth-order valence-electron chi connectivity index (χ4n) is 5.26. The molecule has 0 aromatic carbocycles. The van der Waals surface area contributed by atoms with Gasteiger partial charge in [0.1, 0.15) is 0 Å². The zero-order valence-corrected chi connectivity index (χ0v) is 10.9. The molecular weight excluding hydrogens is 226 g/mol. The number of nitrogens with two attached hydrogens (primary N) is 1. The molecule has 0 aliphatic heterocycles. The molecule has 4 nitrogen and oxygen atoms in total. The van der Waals surface area contributed by atoms with Crippen LogP contribution in [0, 0.1) is 30.1 Å². The number of aryl methyl sites for hydroxylation is 1. The Bertz CT molecular complexity index is 432. The Balaban J connectivity index is 1.67. The Morgan fingerprint density at radius 2 is 1.72 bits per heavy atom. The maximum atomic E-state index is 6.51. The molecule has 4 aliphatic carbocycles. The van der Waals surface area contributed by atoms with Crippen molar-refractivity contribution in [3.8, 4) is 0 Å². The molecule has 2 N–H and O–H groups in total. The number of nitrogens with zero attached hydrogens (tertiary/aromatic N) is 2. The van der Waals surface area contributed by atoms with E-state index < -0.39 is 0 Å². The summed E-state index contributed by atoms with van der Waals surface area (Å²) in [6.07, 6.45) is 8.16. The summed E-state index contributed by atoms with van der Waals surface area (Å²) in [6.45, 7) is 1.86. The molecule has 4 bridgehead atoms. The van der Waals surface area contributed by atoms with E-state index in [0.29, 0.717) is 11.7 Å². The highest BCUT2D eigenvalue weighted by molar-refractivity contribution is 5.09. The Labute approximate surface area is 107 Å². The highest BCUT2D eigenvalue weighted by Crippen LogP contribution is 2.63. The van der Waals surface area contributed by atoms with Crippen LogP contribution < -0.4 is 5.73 Å². The van der Waals surface area contributed by atoms with Crippen molar-refractivity contribution in [3.05, 3.63) is 11.7 Å². The van der Waals surface area contributed by atoms with Crippen LogP contribution >= 0.6 is 0 Å². The van der Waals surface area contributed by atoms with Gasteiger partial charge < -0.3 is 10.3 Å². The highest BCUT2D eigenvalue weighted by Gasteiger charge is 2.54. The molecule has 0 saturated heterocycles. The second-order valence-corrected chi connectivity index (χ2v) is 6.94. The van der Waals surface area contributed by atoms with Crippen molar-refractivity contribution in [1.29, 1.82) is 0 Å². The van der Waals surface area contributed by atoms with Gasteiger partial charge in [-0.05, 0) is 68.6 Å². The third-order valence-corrected chi connectivity index (χ3v) is 5.55. The van der Waals surface area contributed by atoms with Gasteiger partial charge in [0.05, 0.1) is 6.04 Å². The molecule has 4 saturated carbocycles. The fourth-order valence-corrected chi connectivity index (χ4v) is 5.26. The lowest BCUT2D eigenvalue weighted by molar-refractivity contribution is -0.0724. The van der Waals surface area contributed by atoms with Crippen LogP contribution in [0.25, 0.3) is 0 Å². The van der Waals surface area contributed by atoms with Gasteiger partial charge in [0.25, 0.3) is 0 Å². The highest BCUT2D eigenvalue weighted by atomic mass is 16.5. The van der Waals surface area contributed by atoms with E-state index in [0.717, 1.165) is 17.8 Å². The van der Waals surface area contributed by atoms with Crippen molar-refractivity contribution in [2.24, 2.45) is 28.9 Å². The summed E-state index contributed by atoms with van der Waals surface area (Å²) in [5, 5.41) is 3.90. The molecule has 4 heteroatoms. The summed E-state index contributed by atoms with van der Waals surface area (Å²) in [5.41, 5.74) is 6.77. The summed E-state index contributed by atoms with van der Waals surface area (Å²) < 4.78 is 5.33. The monoisotopic (exact) mass is 247 g/mol. The van der Waals surface area contributed by atoms with Gasteiger partial charge >= 0.3 is 0 Å². The van der Waals surface area contributed by atoms with E-state index >= 15 is 0 Å². The second-order valence-electron chi connectivity index (χ2n) is 6.94. The molecule has 5 rings (SSSR count). The normalized spacial score (nSPS) is 43.3. The minimum Gasteiger partial charge on any atom is -0.338 e. The van der Waals surface area contributed by atoms with Crippen LogP contribution in [0.2, 0.25) is 0 Å². The van der Waals surface area contributed by atoms with Crippen molar-refractivity contribution >= 4 is 0 Å². The summed E-state index contributed by atoms with van der Waals surface area (Å²) in [5.74, 6) is 4.09. The quantitative estimate of drug-likeness (QED) is 0.872. The molecule has 1 unspecified atom stereocenters. The first-order valence-corrected chi connectivity index (χ1v) is 7.20. The lowest BCUT2D eigenvalue weighted by Crippen LogP contribution is -2.50. The van der Waals surface area contributed by atoms with Crippen LogP contribution in [0.3, 0.4) is 0 Å².